The van der Waals surface area contributed by atoms with Crippen molar-refractivity contribution in [2.45, 2.75) is 30.4 Å². The van der Waals surface area contributed by atoms with Crippen LogP contribution in [0.1, 0.15) is 31.1 Å². The van der Waals surface area contributed by atoms with Crippen LogP contribution in [0.5, 0.6) is 5.75 Å². The van der Waals surface area contributed by atoms with Gasteiger partial charge in [-0.15, -0.1) is 0 Å². The monoisotopic (exact) mass is 331 g/mol. The maximum absolute atomic E-state index is 10.5. The van der Waals surface area contributed by atoms with Gasteiger partial charge in [0, 0.05) is 16.3 Å². The molecule has 0 bridgehead atoms. The average molecular weight is 332 g/mol. The van der Waals surface area contributed by atoms with Gasteiger partial charge in [-0.2, -0.15) is 5.26 Å². The summed E-state index contributed by atoms with van der Waals surface area (Å²) in [7, 11) is 0. The van der Waals surface area contributed by atoms with Crippen LogP contribution in [-0.4, -0.2) is 15.5 Å². The Morgan fingerprint density at radius 2 is 1.95 bits per heavy atom. The minimum absolute atomic E-state index is 0.227. The van der Waals surface area contributed by atoms with E-state index < -0.39 is 11.7 Å². The van der Waals surface area contributed by atoms with Crippen LogP contribution in [0.4, 0.5) is 0 Å². The second-order valence-electron chi connectivity index (χ2n) is 5.55. The Hall–Kier alpha value is -1.57. The molecule has 0 aliphatic carbocycles. The Kier molecular flexibility index (Phi) is 3.00. The van der Waals surface area contributed by atoms with Gasteiger partial charge in [0.05, 0.1) is 22.6 Å². The number of aliphatic hydroxyl groups excluding tert-OH is 1. The first-order chi connectivity index (χ1) is 9.45. The molecule has 2 atom stereocenters. The van der Waals surface area contributed by atoms with Gasteiger partial charge in [-0.25, -0.2) is 0 Å². The van der Waals surface area contributed by atoms with Crippen molar-refractivity contribution in [1.82, 2.24) is 0 Å². The first-order valence-electron chi connectivity index (χ1n) is 6.42. The van der Waals surface area contributed by atoms with Gasteiger partial charge in [0.15, 0.2) is 0 Å². The summed E-state index contributed by atoms with van der Waals surface area (Å²) in [4.78, 5) is -0.227. The van der Waals surface area contributed by atoms with Crippen molar-refractivity contribution in [3.05, 3.63) is 41.5 Å². The number of ether oxygens (including phenoxy) is 1. The van der Waals surface area contributed by atoms with Crippen LogP contribution in [0.25, 0.3) is 10.8 Å². The molecule has 1 heterocycles. The van der Waals surface area contributed by atoms with E-state index in [4.69, 9.17) is 4.74 Å². The van der Waals surface area contributed by atoms with Crippen molar-refractivity contribution in [2.75, 3.05) is 0 Å². The van der Waals surface area contributed by atoms with Crippen molar-refractivity contribution in [3.63, 3.8) is 0 Å². The highest BCUT2D eigenvalue weighted by Crippen LogP contribution is 2.47. The fourth-order valence-corrected chi connectivity index (χ4v) is 3.03. The molecule has 0 amide bonds. The molecule has 3 nitrogen and oxygen atoms in total. The fourth-order valence-electron chi connectivity index (χ4n) is 2.65. The van der Waals surface area contributed by atoms with E-state index in [-0.39, 0.29) is 4.83 Å². The Labute approximate surface area is 125 Å². The summed E-state index contributed by atoms with van der Waals surface area (Å²) in [5.41, 5.74) is 0.700. The number of aliphatic hydroxyl groups is 1. The molecule has 4 heteroatoms. The predicted molar refractivity (Wildman–Crippen MR) is 81.0 cm³/mol. The smallest absolute Gasteiger partial charge is 0.133 e. The lowest BCUT2D eigenvalue weighted by Gasteiger charge is -2.40. The van der Waals surface area contributed by atoms with E-state index in [9.17, 15) is 10.4 Å². The summed E-state index contributed by atoms with van der Waals surface area (Å²) in [5.74, 6) is 0.674. The first kappa shape index (κ1) is 13.4. The zero-order valence-electron chi connectivity index (χ0n) is 11.2. The maximum Gasteiger partial charge on any atom is 0.133 e. The molecule has 1 aliphatic rings. The Morgan fingerprint density at radius 1 is 1.30 bits per heavy atom. The Balaban J connectivity index is 2.37. The molecule has 20 heavy (non-hydrogen) atoms. The van der Waals surface area contributed by atoms with Crippen LogP contribution in [-0.2, 0) is 0 Å². The molecule has 3 rings (SSSR count). The number of halogens is 1. The minimum atomic E-state index is -0.703. The lowest BCUT2D eigenvalue weighted by molar-refractivity contribution is 0.0241. The molecule has 0 saturated carbocycles. The van der Waals surface area contributed by atoms with E-state index in [0.717, 1.165) is 10.8 Å². The molecule has 0 saturated heterocycles. The van der Waals surface area contributed by atoms with Crippen LogP contribution in [0, 0.1) is 11.3 Å². The molecule has 1 N–H and O–H groups in total. The zero-order chi connectivity index (χ0) is 14.5. The average Bonchev–Trinajstić information content (AvgIpc) is 2.44. The van der Waals surface area contributed by atoms with Crippen LogP contribution < -0.4 is 4.74 Å². The van der Waals surface area contributed by atoms with E-state index in [2.05, 4.69) is 22.0 Å². The summed E-state index contributed by atoms with van der Waals surface area (Å²) in [5, 5.41) is 21.5. The predicted octanol–water partition coefficient (Wildman–Crippen LogP) is 3.68. The number of nitriles is 1. The van der Waals surface area contributed by atoms with Gasteiger partial charge in [-0.05, 0) is 19.9 Å². The van der Waals surface area contributed by atoms with Crippen LogP contribution in [0.2, 0.25) is 0 Å². The topological polar surface area (TPSA) is 53.2 Å². The van der Waals surface area contributed by atoms with Crippen molar-refractivity contribution >= 4 is 26.7 Å². The molecule has 0 unspecified atom stereocenters. The summed E-state index contributed by atoms with van der Waals surface area (Å²) in [6.07, 6.45) is -0.703. The molecular weight excluding hydrogens is 318 g/mol. The van der Waals surface area contributed by atoms with E-state index in [1.54, 1.807) is 6.07 Å². The van der Waals surface area contributed by atoms with E-state index >= 15 is 0 Å². The second-order valence-corrected chi connectivity index (χ2v) is 6.54. The SMILES string of the molecule is CC1(C)Oc2c(cc(C#N)c3ccccc23)[C@@H](O)[C@@H]1Br. The fraction of sp³-hybridized carbons (Fsp3) is 0.312. The molecule has 0 fully saturated rings. The van der Waals surface area contributed by atoms with Crippen molar-refractivity contribution in [2.24, 2.45) is 0 Å². The minimum Gasteiger partial charge on any atom is -0.486 e. The third-order valence-corrected chi connectivity index (χ3v) is 5.37. The van der Waals surface area contributed by atoms with Gasteiger partial charge in [0.25, 0.3) is 0 Å². The number of fused-ring (bicyclic) bond motifs is 3. The van der Waals surface area contributed by atoms with Crippen molar-refractivity contribution in [1.29, 1.82) is 5.26 Å². The van der Waals surface area contributed by atoms with Crippen LogP contribution in [0.3, 0.4) is 0 Å². The number of alkyl halides is 1. The number of benzene rings is 2. The molecule has 2 aromatic rings. The highest BCUT2D eigenvalue weighted by Gasteiger charge is 2.42. The Morgan fingerprint density at radius 3 is 2.60 bits per heavy atom. The lowest BCUT2D eigenvalue weighted by atomic mass is 9.88. The third kappa shape index (κ3) is 1.81. The van der Waals surface area contributed by atoms with Gasteiger partial charge >= 0.3 is 0 Å². The van der Waals surface area contributed by atoms with Crippen LogP contribution >= 0.6 is 15.9 Å². The van der Waals surface area contributed by atoms with Crippen molar-refractivity contribution in [3.8, 4) is 11.8 Å². The largest absolute Gasteiger partial charge is 0.486 e. The van der Waals surface area contributed by atoms with Crippen molar-refractivity contribution < 1.29 is 9.84 Å². The standard InChI is InChI=1S/C16H14BrNO2/c1-16(2)15(17)13(19)12-7-9(8-18)10-5-3-4-6-11(10)14(12)20-16/h3-7,13,15,19H,1-2H3/t13-,15+/m1/s1. The highest BCUT2D eigenvalue weighted by molar-refractivity contribution is 9.09. The third-order valence-electron chi connectivity index (χ3n) is 3.77. The van der Waals surface area contributed by atoms with Gasteiger partial charge in [-0.1, -0.05) is 40.2 Å². The van der Waals surface area contributed by atoms with Gasteiger partial charge in [0.2, 0.25) is 0 Å². The van der Waals surface area contributed by atoms with Gasteiger partial charge in [0.1, 0.15) is 11.4 Å². The number of rotatable bonds is 0. The van der Waals surface area contributed by atoms with E-state index in [1.165, 1.54) is 0 Å². The molecule has 0 spiro atoms. The van der Waals surface area contributed by atoms with Gasteiger partial charge < -0.3 is 9.84 Å². The molecule has 1 aliphatic heterocycles. The number of hydrogen-bond acceptors (Lipinski definition) is 3. The summed E-state index contributed by atoms with van der Waals surface area (Å²) in [6.45, 7) is 3.87. The molecule has 102 valence electrons. The van der Waals surface area contributed by atoms with E-state index in [0.29, 0.717) is 16.9 Å². The molecule has 2 aromatic carbocycles. The lowest BCUT2D eigenvalue weighted by Crippen LogP contribution is -2.45. The Bertz CT molecular complexity index is 733. The van der Waals surface area contributed by atoms with Gasteiger partial charge in [-0.3, -0.25) is 0 Å². The summed E-state index contributed by atoms with van der Waals surface area (Å²) in [6, 6.07) is 11.6. The molecule has 0 radical (unpaired) electrons. The quantitative estimate of drug-likeness (QED) is 0.749. The summed E-state index contributed by atoms with van der Waals surface area (Å²) >= 11 is 3.50. The molecular formula is C16H14BrNO2. The number of hydrogen-bond donors (Lipinski definition) is 1. The highest BCUT2D eigenvalue weighted by atomic mass is 79.9. The first-order valence-corrected chi connectivity index (χ1v) is 7.34. The second kappa shape index (κ2) is 4.47. The zero-order valence-corrected chi connectivity index (χ0v) is 12.8. The maximum atomic E-state index is 10.5. The summed E-state index contributed by atoms with van der Waals surface area (Å²) < 4.78 is 6.10. The number of nitrogens with zero attached hydrogens (tertiary/aromatic N) is 1. The van der Waals surface area contributed by atoms with E-state index in [1.807, 2.05) is 38.1 Å². The van der Waals surface area contributed by atoms with Crippen LogP contribution in [0.15, 0.2) is 30.3 Å². The molecule has 0 aromatic heterocycles. The normalized spacial score (nSPS) is 23.8.